The number of likely N-dealkylation sites (tertiary alicyclic amines) is 1. The Bertz CT molecular complexity index is 990. The van der Waals surface area contributed by atoms with Gasteiger partial charge in [0.1, 0.15) is 6.04 Å². The Kier molecular flexibility index (Phi) is 8.75. The fourth-order valence-electron chi connectivity index (χ4n) is 3.93. The summed E-state index contributed by atoms with van der Waals surface area (Å²) < 4.78 is 0. The van der Waals surface area contributed by atoms with Gasteiger partial charge in [-0.25, -0.2) is 0 Å². The largest absolute Gasteiger partial charge is 0.349 e. The third-order valence-electron chi connectivity index (χ3n) is 5.66. The average Bonchev–Trinajstić information content (AvgIpc) is 2.79. The molecule has 1 saturated heterocycles. The van der Waals surface area contributed by atoms with Crippen molar-refractivity contribution in [3.63, 3.8) is 0 Å². The van der Waals surface area contributed by atoms with Crippen molar-refractivity contribution in [2.75, 3.05) is 13.1 Å². The van der Waals surface area contributed by atoms with Crippen molar-refractivity contribution in [1.29, 1.82) is 0 Å². The van der Waals surface area contributed by atoms with Crippen LogP contribution in [-0.2, 0) is 4.79 Å². The second kappa shape index (κ2) is 11.5. The van der Waals surface area contributed by atoms with Crippen LogP contribution in [0.15, 0.2) is 48.5 Å². The van der Waals surface area contributed by atoms with Crippen molar-refractivity contribution in [2.24, 2.45) is 5.92 Å². The van der Waals surface area contributed by atoms with Crippen molar-refractivity contribution in [1.82, 2.24) is 15.5 Å². The first-order valence-electron chi connectivity index (χ1n) is 11.1. The lowest BCUT2D eigenvalue weighted by atomic mass is 9.99. The number of nitrogens with zero attached hydrogens (tertiary/aromatic N) is 1. The highest BCUT2D eigenvalue weighted by molar-refractivity contribution is 6.36. The highest BCUT2D eigenvalue weighted by Crippen LogP contribution is 2.22. The minimum Gasteiger partial charge on any atom is -0.349 e. The lowest BCUT2D eigenvalue weighted by Gasteiger charge is -2.35. The Morgan fingerprint density at radius 2 is 1.67 bits per heavy atom. The number of piperidine rings is 1. The van der Waals surface area contributed by atoms with E-state index in [9.17, 15) is 14.4 Å². The third kappa shape index (κ3) is 6.95. The number of amides is 3. The molecule has 3 amide bonds. The van der Waals surface area contributed by atoms with Gasteiger partial charge in [-0.2, -0.15) is 0 Å². The number of nitrogens with one attached hydrogen (secondary N) is 2. The maximum atomic E-state index is 13.3. The van der Waals surface area contributed by atoms with E-state index in [2.05, 4.69) is 10.6 Å². The van der Waals surface area contributed by atoms with Gasteiger partial charge in [0, 0.05) is 29.7 Å². The first-order valence-corrected chi connectivity index (χ1v) is 11.9. The van der Waals surface area contributed by atoms with Crippen LogP contribution in [0.4, 0.5) is 0 Å². The predicted molar refractivity (Wildman–Crippen MR) is 131 cm³/mol. The molecule has 0 saturated carbocycles. The quantitative estimate of drug-likeness (QED) is 0.598. The number of halogens is 2. The molecule has 1 unspecified atom stereocenters. The number of hydrogen-bond donors (Lipinski definition) is 2. The Labute approximate surface area is 204 Å². The van der Waals surface area contributed by atoms with Crippen LogP contribution >= 0.6 is 23.2 Å². The average molecular weight is 490 g/mol. The minimum atomic E-state index is -0.653. The van der Waals surface area contributed by atoms with Gasteiger partial charge < -0.3 is 15.5 Å². The SMILES string of the molecule is CC(C)CC(NC(=O)c1ccc(Cl)cc1Cl)C(=O)N1CCC(NC(=O)c2ccccc2)CC1. The van der Waals surface area contributed by atoms with Crippen LogP contribution < -0.4 is 10.6 Å². The van der Waals surface area contributed by atoms with E-state index in [1.807, 2.05) is 32.0 Å². The molecule has 1 aliphatic rings. The first kappa shape index (κ1) is 25.1. The summed E-state index contributed by atoms with van der Waals surface area (Å²) in [7, 11) is 0. The summed E-state index contributed by atoms with van der Waals surface area (Å²) in [5.74, 6) is -0.413. The van der Waals surface area contributed by atoms with Gasteiger partial charge in [0.15, 0.2) is 0 Å². The molecule has 2 aromatic rings. The Balaban J connectivity index is 1.59. The molecule has 0 bridgehead atoms. The van der Waals surface area contributed by atoms with Gasteiger partial charge in [-0.05, 0) is 55.5 Å². The van der Waals surface area contributed by atoms with Crippen molar-refractivity contribution >= 4 is 40.9 Å². The fraction of sp³-hybridized carbons (Fsp3) is 0.400. The molecule has 0 aliphatic carbocycles. The normalized spacial score (nSPS) is 15.2. The van der Waals surface area contributed by atoms with Gasteiger partial charge in [-0.15, -0.1) is 0 Å². The smallest absolute Gasteiger partial charge is 0.253 e. The summed E-state index contributed by atoms with van der Waals surface area (Å²) in [6.45, 7) is 5.05. The maximum absolute atomic E-state index is 13.3. The van der Waals surface area contributed by atoms with Gasteiger partial charge >= 0.3 is 0 Å². The van der Waals surface area contributed by atoms with Gasteiger partial charge in [0.25, 0.3) is 11.8 Å². The summed E-state index contributed by atoms with van der Waals surface area (Å²) in [5.41, 5.74) is 0.904. The van der Waals surface area contributed by atoms with Crippen LogP contribution in [0.3, 0.4) is 0 Å². The monoisotopic (exact) mass is 489 g/mol. The lowest BCUT2D eigenvalue weighted by molar-refractivity contribution is -0.134. The van der Waals surface area contributed by atoms with E-state index in [1.54, 1.807) is 29.2 Å². The molecule has 2 aromatic carbocycles. The van der Waals surface area contributed by atoms with Crippen LogP contribution in [0, 0.1) is 5.92 Å². The van der Waals surface area contributed by atoms with E-state index in [0.717, 1.165) is 0 Å². The van der Waals surface area contributed by atoms with E-state index in [1.165, 1.54) is 6.07 Å². The number of benzene rings is 2. The maximum Gasteiger partial charge on any atom is 0.253 e. The Morgan fingerprint density at radius 3 is 2.27 bits per heavy atom. The van der Waals surface area contributed by atoms with Crippen LogP contribution in [0.25, 0.3) is 0 Å². The summed E-state index contributed by atoms with van der Waals surface area (Å²) in [5, 5.41) is 6.59. The van der Waals surface area contributed by atoms with Crippen molar-refractivity contribution in [3.05, 3.63) is 69.7 Å². The second-order valence-electron chi connectivity index (χ2n) is 8.72. The molecule has 176 valence electrons. The molecule has 1 atom stereocenters. The van der Waals surface area contributed by atoms with Crippen molar-refractivity contribution in [2.45, 2.75) is 45.2 Å². The highest BCUT2D eigenvalue weighted by Gasteiger charge is 2.31. The minimum absolute atomic E-state index is 0.00719. The fourth-order valence-corrected chi connectivity index (χ4v) is 4.42. The lowest BCUT2D eigenvalue weighted by Crippen LogP contribution is -2.53. The standard InChI is InChI=1S/C25H29Cl2N3O3/c1-16(2)14-22(29-24(32)20-9-8-18(26)15-21(20)27)25(33)30-12-10-19(11-13-30)28-23(31)17-6-4-3-5-7-17/h3-9,15-16,19,22H,10-14H2,1-2H3,(H,28,31)(H,29,32). The molecule has 8 heteroatoms. The topological polar surface area (TPSA) is 78.5 Å². The van der Waals surface area contributed by atoms with Gasteiger partial charge in [0.05, 0.1) is 10.6 Å². The summed E-state index contributed by atoms with van der Waals surface area (Å²) >= 11 is 12.1. The number of hydrogen-bond acceptors (Lipinski definition) is 3. The molecule has 1 fully saturated rings. The van der Waals surface area contributed by atoms with Crippen LogP contribution in [0.2, 0.25) is 10.0 Å². The molecule has 0 spiro atoms. The number of carbonyl (C=O) groups is 3. The van der Waals surface area contributed by atoms with Crippen molar-refractivity contribution in [3.8, 4) is 0 Å². The third-order valence-corrected chi connectivity index (χ3v) is 6.21. The number of carbonyl (C=O) groups excluding carboxylic acids is 3. The van der Waals surface area contributed by atoms with E-state index >= 15 is 0 Å². The molecule has 2 N–H and O–H groups in total. The molecule has 6 nitrogen and oxygen atoms in total. The molecule has 1 heterocycles. The Morgan fingerprint density at radius 1 is 1.00 bits per heavy atom. The highest BCUT2D eigenvalue weighted by atomic mass is 35.5. The van der Waals surface area contributed by atoms with Gasteiger partial charge in [-0.1, -0.05) is 55.2 Å². The van der Waals surface area contributed by atoms with E-state index in [-0.39, 0.29) is 34.4 Å². The zero-order valence-electron chi connectivity index (χ0n) is 18.8. The van der Waals surface area contributed by atoms with E-state index in [4.69, 9.17) is 23.2 Å². The summed E-state index contributed by atoms with van der Waals surface area (Å²) in [4.78, 5) is 40.2. The van der Waals surface area contributed by atoms with Crippen molar-refractivity contribution < 1.29 is 14.4 Å². The molecule has 0 aromatic heterocycles. The molecule has 1 aliphatic heterocycles. The van der Waals surface area contributed by atoms with Crippen LogP contribution in [-0.4, -0.2) is 47.8 Å². The molecule has 0 radical (unpaired) electrons. The summed E-state index contributed by atoms with van der Waals surface area (Å²) in [6.07, 6.45) is 1.84. The van der Waals surface area contributed by atoms with Crippen LogP contribution in [0.1, 0.15) is 53.8 Å². The second-order valence-corrected chi connectivity index (χ2v) is 9.56. The zero-order valence-corrected chi connectivity index (χ0v) is 20.3. The molecule has 3 rings (SSSR count). The van der Waals surface area contributed by atoms with E-state index in [0.29, 0.717) is 42.9 Å². The Hall–Kier alpha value is -2.57. The molecular weight excluding hydrogens is 461 g/mol. The molecule has 33 heavy (non-hydrogen) atoms. The predicted octanol–water partition coefficient (Wildman–Crippen LogP) is 4.56. The van der Waals surface area contributed by atoms with E-state index < -0.39 is 11.9 Å². The zero-order chi connectivity index (χ0) is 24.0. The molecular formula is C25H29Cl2N3O3. The number of rotatable bonds is 7. The van der Waals surface area contributed by atoms with Crippen LogP contribution in [0.5, 0.6) is 0 Å². The van der Waals surface area contributed by atoms with Gasteiger partial charge in [-0.3, -0.25) is 14.4 Å². The first-order chi connectivity index (χ1) is 15.7. The summed E-state index contributed by atoms with van der Waals surface area (Å²) in [6, 6.07) is 13.1. The van der Waals surface area contributed by atoms with Gasteiger partial charge in [0.2, 0.25) is 5.91 Å².